The van der Waals surface area contributed by atoms with Crippen LogP contribution in [0.25, 0.3) is 5.78 Å². The lowest BCUT2D eigenvalue weighted by Gasteiger charge is -2.36. The largest absolute Gasteiger partial charge is 0.416 e. The van der Waals surface area contributed by atoms with Crippen LogP contribution in [0.1, 0.15) is 31.0 Å². The van der Waals surface area contributed by atoms with Crippen molar-refractivity contribution in [2.24, 2.45) is 5.92 Å². The van der Waals surface area contributed by atoms with Gasteiger partial charge >= 0.3 is 6.18 Å². The molecule has 1 saturated carbocycles. The van der Waals surface area contributed by atoms with Gasteiger partial charge in [-0.25, -0.2) is 0 Å². The smallest absolute Gasteiger partial charge is 0.362 e. The molecule has 2 aliphatic heterocycles. The highest BCUT2D eigenvalue weighted by atomic mass is 19.4. The Bertz CT molecular complexity index is 1540. The Morgan fingerprint density at radius 2 is 1.77 bits per heavy atom. The molecule has 2 amide bonds. The Kier molecular flexibility index (Phi) is 6.22. The molecule has 40 heavy (non-hydrogen) atoms. The minimum Gasteiger partial charge on any atom is -0.362 e. The van der Waals surface area contributed by atoms with Gasteiger partial charge in [0.05, 0.1) is 5.56 Å². The van der Waals surface area contributed by atoms with Crippen molar-refractivity contribution in [2.45, 2.75) is 45.5 Å². The van der Waals surface area contributed by atoms with Gasteiger partial charge in [-0.05, 0) is 49.9 Å². The Morgan fingerprint density at radius 3 is 2.35 bits per heavy atom. The summed E-state index contributed by atoms with van der Waals surface area (Å²) in [4.78, 5) is 49.1. The van der Waals surface area contributed by atoms with E-state index in [9.17, 15) is 27.6 Å². The maximum atomic E-state index is 13.7. The van der Waals surface area contributed by atoms with Gasteiger partial charge in [-0.15, -0.1) is 5.10 Å². The van der Waals surface area contributed by atoms with E-state index in [2.05, 4.69) is 20.3 Å². The van der Waals surface area contributed by atoms with Gasteiger partial charge in [-0.1, -0.05) is 0 Å². The van der Waals surface area contributed by atoms with Gasteiger partial charge in [0.15, 0.2) is 0 Å². The maximum Gasteiger partial charge on any atom is 0.416 e. The quantitative estimate of drug-likeness (QED) is 0.511. The van der Waals surface area contributed by atoms with Gasteiger partial charge in [0.25, 0.3) is 5.56 Å². The highest BCUT2D eigenvalue weighted by Crippen LogP contribution is 2.45. The molecule has 0 bridgehead atoms. The average molecular weight is 559 g/mol. The Balaban J connectivity index is 1.34. The van der Waals surface area contributed by atoms with E-state index in [0.29, 0.717) is 55.5 Å². The third-order valence-electron chi connectivity index (χ3n) is 8.09. The number of amides is 2. The normalized spacial score (nSPS) is 20.7. The zero-order chi connectivity index (χ0) is 28.3. The maximum absolute atomic E-state index is 13.7. The van der Waals surface area contributed by atoms with Crippen molar-refractivity contribution >= 4 is 34.9 Å². The van der Waals surface area contributed by atoms with Gasteiger partial charge < -0.3 is 24.6 Å². The van der Waals surface area contributed by atoms with Crippen LogP contribution >= 0.6 is 0 Å². The van der Waals surface area contributed by atoms with Gasteiger partial charge in [0.2, 0.25) is 23.5 Å². The number of carbonyl (C=O) groups is 2. The highest BCUT2D eigenvalue weighted by Gasteiger charge is 2.48. The average Bonchev–Trinajstić information content (AvgIpc) is 3.34. The number of piperazine rings is 1. The minimum absolute atomic E-state index is 0.0333. The van der Waals surface area contributed by atoms with E-state index in [4.69, 9.17) is 0 Å². The zero-order valence-electron chi connectivity index (χ0n) is 22.1. The number of alkyl halides is 3. The monoisotopic (exact) mass is 558 g/mol. The summed E-state index contributed by atoms with van der Waals surface area (Å²) in [5, 5.41) is 7.20. The number of anilines is 3. The van der Waals surface area contributed by atoms with Crippen LogP contribution in [-0.2, 0) is 22.3 Å². The van der Waals surface area contributed by atoms with Crippen LogP contribution in [-0.4, -0.2) is 74.6 Å². The number of nitrogens with one attached hydrogen (secondary N) is 1. The van der Waals surface area contributed by atoms with Gasteiger partial charge in [0.1, 0.15) is 12.2 Å². The molecular weight excluding hydrogens is 529 g/mol. The molecule has 2 atom stereocenters. The van der Waals surface area contributed by atoms with E-state index in [0.717, 1.165) is 31.5 Å². The number of piperidine rings is 1. The predicted octanol–water partition coefficient (Wildman–Crippen LogP) is 2.12. The molecule has 11 nitrogen and oxygen atoms in total. The molecule has 6 rings (SSSR count). The van der Waals surface area contributed by atoms with E-state index in [-0.39, 0.29) is 29.5 Å². The van der Waals surface area contributed by atoms with E-state index in [1.165, 1.54) is 23.6 Å². The first-order chi connectivity index (χ1) is 19.0. The van der Waals surface area contributed by atoms with Gasteiger partial charge in [0, 0.05) is 57.1 Å². The van der Waals surface area contributed by atoms with Crippen LogP contribution in [0.15, 0.2) is 29.1 Å². The first-order valence-corrected chi connectivity index (χ1v) is 13.3. The van der Waals surface area contributed by atoms with Gasteiger partial charge in [-0.2, -0.15) is 22.7 Å². The molecule has 1 N–H and O–H groups in total. The van der Waals surface area contributed by atoms with Crippen molar-refractivity contribution in [1.29, 1.82) is 0 Å². The van der Waals surface area contributed by atoms with Crippen LogP contribution in [0.3, 0.4) is 0 Å². The van der Waals surface area contributed by atoms with Crippen molar-refractivity contribution in [3.8, 4) is 0 Å². The summed E-state index contributed by atoms with van der Waals surface area (Å²) < 4.78 is 41.6. The molecule has 1 aliphatic carbocycles. The van der Waals surface area contributed by atoms with Crippen molar-refractivity contribution in [1.82, 2.24) is 24.1 Å². The summed E-state index contributed by atoms with van der Waals surface area (Å²) >= 11 is 0. The second-order valence-electron chi connectivity index (χ2n) is 10.6. The van der Waals surface area contributed by atoms with Crippen LogP contribution in [0.4, 0.5) is 30.5 Å². The van der Waals surface area contributed by atoms with E-state index in [1.807, 2.05) is 4.90 Å². The summed E-state index contributed by atoms with van der Waals surface area (Å²) in [5.41, 5.74) is -0.0595. The summed E-state index contributed by atoms with van der Waals surface area (Å²) in [6.45, 7) is 5.61. The van der Waals surface area contributed by atoms with Crippen LogP contribution in [0.2, 0.25) is 0 Å². The zero-order valence-corrected chi connectivity index (χ0v) is 22.1. The summed E-state index contributed by atoms with van der Waals surface area (Å²) in [5.74, 6) is 0.755. The van der Waals surface area contributed by atoms with Crippen LogP contribution < -0.4 is 20.7 Å². The third kappa shape index (κ3) is 4.64. The van der Waals surface area contributed by atoms with Crippen molar-refractivity contribution in [2.75, 3.05) is 47.8 Å². The molecule has 14 heteroatoms. The number of hydrogen-bond acceptors (Lipinski definition) is 7. The van der Waals surface area contributed by atoms with Gasteiger partial charge in [-0.3, -0.25) is 14.4 Å². The number of halogens is 3. The van der Waals surface area contributed by atoms with E-state index in [1.54, 1.807) is 16.4 Å². The van der Waals surface area contributed by atoms with E-state index < -0.39 is 17.6 Å². The summed E-state index contributed by atoms with van der Waals surface area (Å²) in [6.07, 6.45) is -2.36. The molecule has 3 aliphatic rings. The number of fused-ring (bicyclic) bond motifs is 2. The lowest BCUT2D eigenvalue weighted by atomic mass is 10.2. The standard InChI is InChI=1S/C26H29F3N8O3/c1-15-22(34-11-9-33(10-12-34)16(2)38)23(40)37-25(31-24(32-37)35-8-7-17-13-20(17)35)36(15)14-21(39)30-19-5-3-18(4-6-19)26(27,28)29/h3-6,17,20H,7-14H2,1-2H3,(H,30,39). The minimum atomic E-state index is -4.48. The molecule has 212 valence electrons. The molecule has 1 aromatic carbocycles. The number of aromatic nitrogens is 4. The lowest BCUT2D eigenvalue weighted by Crippen LogP contribution is -2.50. The highest BCUT2D eigenvalue weighted by molar-refractivity contribution is 5.91. The lowest BCUT2D eigenvalue weighted by molar-refractivity contribution is -0.137. The fraction of sp³-hybridized carbons (Fsp3) is 0.500. The Hall–Kier alpha value is -4.10. The first-order valence-electron chi connectivity index (χ1n) is 13.3. The molecule has 2 unspecified atom stereocenters. The predicted molar refractivity (Wildman–Crippen MR) is 140 cm³/mol. The van der Waals surface area contributed by atoms with Crippen LogP contribution in [0.5, 0.6) is 0 Å². The number of nitrogens with zero attached hydrogens (tertiary/aromatic N) is 7. The summed E-state index contributed by atoms with van der Waals surface area (Å²) in [7, 11) is 0. The van der Waals surface area contributed by atoms with Crippen molar-refractivity contribution in [3.63, 3.8) is 0 Å². The SMILES string of the molecule is CC(=O)N1CCN(c2c(C)n(CC(=O)Nc3ccc(C(F)(F)F)cc3)c3nc(N4CCC5CC54)nn3c2=O)CC1. The molecular formula is C26H29F3N8O3. The molecule has 2 saturated heterocycles. The Morgan fingerprint density at radius 1 is 1.07 bits per heavy atom. The van der Waals surface area contributed by atoms with Crippen LogP contribution in [0, 0.1) is 12.8 Å². The molecule has 0 spiro atoms. The van der Waals surface area contributed by atoms with Crippen molar-refractivity contribution in [3.05, 3.63) is 45.9 Å². The second-order valence-corrected chi connectivity index (χ2v) is 10.6. The fourth-order valence-corrected chi connectivity index (χ4v) is 5.79. The second kappa shape index (κ2) is 9.52. The number of benzene rings is 1. The number of carbonyl (C=O) groups excluding carboxylic acids is 2. The number of rotatable bonds is 5. The van der Waals surface area contributed by atoms with E-state index >= 15 is 0 Å². The van der Waals surface area contributed by atoms with Crippen molar-refractivity contribution < 1.29 is 22.8 Å². The Labute approximate surface area is 227 Å². The molecule has 3 aromatic rings. The topological polar surface area (TPSA) is 108 Å². The number of hydrogen-bond donors (Lipinski definition) is 1. The molecule has 0 radical (unpaired) electrons. The molecule has 2 aromatic heterocycles. The molecule has 3 fully saturated rings. The fourth-order valence-electron chi connectivity index (χ4n) is 5.79. The summed E-state index contributed by atoms with van der Waals surface area (Å²) in [6, 6.07) is 4.57. The first kappa shape index (κ1) is 26.1. The third-order valence-corrected chi connectivity index (χ3v) is 8.09. The molecule has 4 heterocycles.